The molecule has 4 aromatic rings. The topological polar surface area (TPSA) is 86.5 Å². The number of rotatable bonds is 7. The van der Waals surface area contributed by atoms with Crippen LogP contribution in [0, 0.1) is 0 Å². The van der Waals surface area contributed by atoms with Crippen LogP contribution in [0.5, 0.6) is 11.5 Å². The number of hydrogen-bond acceptors (Lipinski definition) is 8. The molecule has 7 nitrogen and oxygen atoms in total. The fourth-order valence-corrected chi connectivity index (χ4v) is 4.72. The molecule has 0 bridgehead atoms. The minimum absolute atomic E-state index is 0.0942. The third-order valence-corrected chi connectivity index (χ3v) is 6.63. The molecule has 30 heavy (non-hydrogen) atoms. The monoisotopic (exact) mass is 461 g/mol. The molecule has 1 N–H and O–H groups in total. The maximum absolute atomic E-state index is 12.3. The minimum atomic E-state index is -0.233. The van der Waals surface area contributed by atoms with Crippen molar-refractivity contribution in [2.45, 2.75) is 5.22 Å². The number of hydrogen-bond donors (Lipinski definition) is 1. The maximum atomic E-state index is 12.3. The van der Waals surface area contributed by atoms with E-state index in [-0.39, 0.29) is 16.9 Å². The van der Waals surface area contributed by atoms with Gasteiger partial charge in [-0.1, -0.05) is 41.6 Å². The van der Waals surface area contributed by atoms with Crippen LogP contribution in [0.25, 0.3) is 20.9 Å². The Bertz CT molecular complexity index is 1210. The average Bonchev–Trinajstić information content (AvgIpc) is 3.37. The molecule has 0 aliphatic heterocycles. The fraction of sp³-hybridized carbons (Fsp3) is 0.150. The SMILES string of the molecule is COc1ccc(NC(=O)CSc2nnc(-c3sc4ccccc4c3Cl)o2)c(OC)c1. The second kappa shape index (κ2) is 8.95. The average molecular weight is 462 g/mol. The predicted octanol–water partition coefficient (Wildman–Crippen LogP) is 5.35. The summed E-state index contributed by atoms with van der Waals surface area (Å²) in [6, 6.07) is 13.0. The lowest BCUT2D eigenvalue weighted by Gasteiger charge is -2.11. The van der Waals surface area contributed by atoms with E-state index in [4.69, 9.17) is 25.5 Å². The first-order valence-corrected chi connectivity index (χ1v) is 10.9. The summed E-state index contributed by atoms with van der Waals surface area (Å²) in [6.07, 6.45) is 0. The third-order valence-electron chi connectivity index (χ3n) is 4.15. The van der Waals surface area contributed by atoms with Gasteiger partial charge in [-0.15, -0.1) is 21.5 Å². The van der Waals surface area contributed by atoms with E-state index in [9.17, 15) is 4.79 Å². The van der Waals surface area contributed by atoms with Crippen molar-refractivity contribution < 1.29 is 18.7 Å². The zero-order chi connectivity index (χ0) is 21.1. The van der Waals surface area contributed by atoms with Crippen molar-refractivity contribution in [1.82, 2.24) is 10.2 Å². The van der Waals surface area contributed by atoms with Crippen LogP contribution in [0.15, 0.2) is 52.1 Å². The molecule has 0 fully saturated rings. The lowest BCUT2D eigenvalue weighted by Crippen LogP contribution is -2.14. The maximum Gasteiger partial charge on any atom is 0.277 e. The Kier molecular flexibility index (Phi) is 6.12. The van der Waals surface area contributed by atoms with Crippen LogP contribution in [0.2, 0.25) is 5.02 Å². The van der Waals surface area contributed by atoms with Crippen molar-refractivity contribution in [1.29, 1.82) is 0 Å². The van der Waals surface area contributed by atoms with E-state index in [0.29, 0.717) is 33.0 Å². The number of anilines is 1. The lowest BCUT2D eigenvalue weighted by atomic mass is 10.2. The van der Waals surface area contributed by atoms with Gasteiger partial charge in [0.1, 0.15) is 16.4 Å². The van der Waals surface area contributed by atoms with Gasteiger partial charge in [0, 0.05) is 16.2 Å². The fourth-order valence-electron chi connectivity index (χ4n) is 2.73. The molecule has 0 saturated carbocycles. The molecule has 0 aliphatic rings. The lowest BCUT2D eigenvalue weighted by molar-refractivity contribution is -0.113. The number of fused-ring (bicyclic) bond motifs is 1. The number of halogens is 1. The Hall–Kier alpha value is -2.75. The van der Waals surface area contributed by atoms with Crippen LogP contribution in [-0.2, 0) is 4.79 Å². The zero-order valence-corrected chi connectivity index (χ0v) is 18.4. The highest BCUT2D eigenvalue weighted by molar-refractivity contribution is 7.99. The molecule has 10 heteroatoms. The summed E-state index contributed by atoms with van der Waals surface area (Å²) < 4.78 is 17.2. The van der Waals surface area contributed by atoms with Gasteiger partial charge >= 0.3 is 0 Å². The Morgan fingerprint density at radius 3 is 2.80 bits per heavy atom. The van der Waals surface area contributed by atoms with Gasteiger partial charge in [-0.05, 0) is 18.2 Å². The Morgan fingerprint density at radius 2 is 2.03 bits per heavy atom. The molecule has 1 amide bonds. The van der Waals surface area contributed by atoms with Crippen LogP contribution in [0.3, 0.4) is 0 Å². The molecule has 2 aromatic carbocycles. The number of thioether (sulfide) groups is 1. The molecular weight excluding hydrogens is 446 g/mol. The first kappa shape index (κ1) is 20.5. The number of aromatic nitrogens is 2. The van der Waals surface area contributed by atoms with Crippen molar-refractivity contribution in [3.63, 3.8) is 0 Å². The number of ether oxygens (including phenoxy) is 2. The molecule has 0 aliphatic carbocycles. The summed E-state index contributed by atoms with van der Waals surface area (Å²) in [5, 5.41) is 12.7. The molecule has 0 radical (unpaired) electrons. The molecular formula is C20H16ClN3O4S2. The van der Waals surface area contributed by atoms with Crippen molar-refractivity contribution in [3.8, 4) is 22.3 Å². The minimum Gasteiger partial charge on any atom is -0.497 e. The number of amides is 1. The van der Waals surface area contributed by atoms with E-state index in [2.05, 4.69) is 15.5 Å². The Morgan fingerprint density at radius 1 is 1.20 bits per heavy atom. The largest absolute Gasteiger partial charge is 0.497 e. The summed E-state index contributed by atoms with van der Waals surface area (Å²) in [5.74, 6) is 1.34. The van der Waals surface area contributed by atoms with Crippen LogP contribution >= 0.6 is 34.7 Å². The number of nitrogens with zero attached hydrogens (tertiary/aromatic N) is 2. The van der Waals surface area contributed by atoms with Gasteiger partial charge in [-0.25, -0.2) is 0 Å². The van der Waals surface area contributed by atoms with E-state index in [1.54, 1.807) is 25.3 Å². The van der Waals surface area contributed by atoms with Crippen molar-refractivity contribution in [2.75, 3.05) is 25.3 Å². The number of thiophene rings is 1. The first-order valence-electron chi connectivity index (χ1n) is 8.74. The highest BCUT2D eigenvalue weighted by Gasteiger charge is 2.18. The number of carbonyl (C=O) groups excluding carboxylic acids is 1. The molecule has 0 spiro atoms. The van der Waals surface area contributed by atoms with Crippen molar-refractivity contribution >= 4 is 56.4 Å². The summed E-state index contributed by atoms with van der Waals surface area (Å²) in [4.78, 5) is 13.0. The van der Waals surface area contributed by atoms with Gasteiger partial charge in [0.15, 0.2) is 0 Å². The van der Waals surface area contributed by atoms with Gasteiger partial charge < -0.3 is 19.2 Å². The van der Waals surface area contributed by atoms with Crippen molar-refractivity contribution in [3.05, 3.63) is 47.5 Å². The summed E-state index contributed by atoms with van der Waals surface area (Å²) in [6.45, 7) is 0. The number of benzene rings is 2. The van der Waals surface area contributed by atoms with E-state index < -0.39 is 0 Å². The number of methoxy groups -OCH3 is 2. The molecule has 154 valence electrons. The van der Waals surface area contributed by atoms with E-state index in [0.717, 1.165) is 21.8 Å². The summed E-state index contributed by atoms with van der Waals surface area (Å²) in [5.41, 5.74) is 0.548. The third kappa shape index (κ3) is 4.23. The normalized spacial score (nSPS) is 10.9. The molecule has 4 rings (SSSR count). The first-order chi connectivity index (χ1) is 14.6. The predicted molar refractivity (Wildman–Crippen MR) is 119 cm³/mol. The molecule has 0 unspecified atom stereocenters. The second-order valence-electron chi connectivity index (χ2n) is 6.02. The van der Waals surface area contributed by atoms with E-state index in [1.165, 1.54) is 18.4 Å². The number of nitrogens with one attached hydrogen (secondary N) is 1. The van der Waals surface area contributed by atoms with Crippen LogP contribution in [0.4, 0.5) is 5.69 Å². The van der Waals surface area contributed by atoms with Crippen molar-refractivity contribution in [2.24, 2.45) is 0 Å². The Balaban J connectivity index is 1.42. The Labute approximate surface area is 185 Å². The van der Waals surface area contributed by atoms with Gasteiger partial charge in [0.05, 0.1) is 30.7 Å². The number of carbonyl (C=O) groups is 1. The van der Waals surface area contributed by atoms with Crippen LogP contribution in [0.1, 0.15) is 0 Å². The van der Waals surface area contributed by atoms with Crippen LogP contribution < -0.4 is 14.8 Å². The summed E-state index contributed by atoms with van der Waals surface area (Å²) >= 11 is 9.08. The molecule has 0 atom stereocenters. The second-order valence-corrected chi connectivity index (χ2v) is 8.37. The van der Waals surface area contributed by atoms with Gasteiger partial charge in [0.2, 0.25) is 5.91 Å². The highest BCUT2D eigenvalue weighted by atomic mass is 35.5. The zero-order valence-electron chi connectivity index (χ0n) is 16.0. The van der Waals surface area contributed by atoms with Gasteiger partial charge in [-0.2, -0.15) is 0 Å². The smallest absolute Gasteiger partial charge is 0.277 e. The molecule has 0 saturated heterocycles. The van der Waals surface area contributed by atoms with Gasteiger partial charge in [-0.3, -0.25) is 4.79 Å². The van der Waals surface area contributed by atoms with E-state index in [1.807, 2.05) is 24.3 Å². The quantitative estimate of drug-likeness (QED) is 0.371. The molecule has 2 aromatic heterocycles. The van der Waals surface area contributed by atoms with Gasteiger partial charge in [0.25, 0.3) is 11.1 Å². The standard InChI is InChI=1S/C20H16ClN3O4S2/c1-26-11-7-8-13(14(9-11)27-2)22-16(25)10-29-20-24-23-19(28-20)18-17(21)12-5-3-4-6-15(12)30-18/h3-9H,10H2,1-2H3,(H,22,25). The molecule has 2 heterocycles. The van der Waals surface area contributed by atoms with Crippen LogP contribution in [-0.4, -0.2) is 36.1 Å². The highest BCUT2D eigenvalue weighted by Crippen LogP contribution is 2.41. The van der Waals surface area contributed by atoms with E-state index >= 15 is 0 Å². The summed E-state index contributed by atoms with van der Waals surface area (Å²) in [7, 11) is 3.09.